The highest BCUT2D eigenvalue weighted by molar-refractivity contribution is 7.80. The normalized spacial score (nSPS) is 24.1. The van der Waals surface area contributed by atoms with Crippen LogP contribution in [0.4, 0.5) is 0 Å². The molecule has 0 bridgehead atoms. The lowest BCUT2D eigenvalue weighted by Gasteiger charge is -2.47. The van der Waals surface area contributed by atoms with Gasteiger partial charge in [0.25, 0.3) is 5.91 Å². The number of hydrogen-bond donors (Lipinski definition) is 3. The van der Waals surface area contributed by atoms with E-state index in [1.807, 2.05) is 19.1 Å². The van der Waals surface area contributed by atoms with Crippen LogP contribution in [0.3, 0.4) is 0 Å². The topological polar surface area (TPSA) is 94.4 Å². The number of aliphatic hydroxyl groups is 1. The van der Waals surface area contributed by atoms with E-state index in [0.717, 1.165) is 0 Å². The number of carbonyl (C=O) groups excluding carboxylic acids is 1. The van der Waals surface area contributed by atoms with Gasteiger partial charge in [-0.15, -0.1) is 0 Å². The minimum Gasteiger partial charge on any atom is -0.396 e. The predicted molar refractivity (Wildman–Crippen MR) is 121 cm³/mol. The standard InChI is InChI=1S/C22H24ClN3O3S/c1-15-12-18(13-27)22(14-29-15,16(2)19(23)10-6-7-11-24)26-21(30)25-20(28)17-8-4-3-5-9-17/h3-10,15,18,27H,2,12-14H2,1H3,(H2,25,26,28,30). The van der Waals surface area contributed by atoms with Crippen molar-refractivity contribution in [1.82, 2.24) is 10.6 Å². The molecule has 3 N–H and O–H groups in total. The number of ether oxygens (including phenoxy) is 1. The summed E-state index contributed by atoms with van der Waals surface area (Å²) >= 11 is 11.8. The average molecular weight is 446 g/mol. The summed E-state index contributed by atoms with van der Waals surface area (Å²) in [5.74, 6) is -0.680. The second-order valence-electron chi connectivity index (χ2n) is 6.96. The van der Waals surface area contributed by atoms with Crippen molar-refractivity contribution in [2.75, 3.05) is 13.2 Å². The van der Waals surface area contributed by atoms with Gasteiger partial charge in [0.2, 0.25) is 0 Å². The van der Waals surface area contributed by atoms with E-state index in [1.54, 1.807) is 24.3 Å². The summed E-state index contributed by atoms with van der Waals surface area (Å²) in [6.07, 6.45) is 4.78. The molecule has 30 heavy (non-hydrogen) atoms. The molecule has 1 aliphatic heterocycles. The highest BCUT2D eigenvalue weighted by atomic mass is 35.5. The molecule has 158 valence electrons. The van der Waals surface area contributed by atoms with Crippen LogP contribution in [0.25, 0.3) is 0 Å². The number of halogens is 1. The van der Waals surface area contributed by atoms with Gasteiger partial charge in [-0.3, -0.25) is 10.1 Å². The van der Waals surface area contributed by atoms with Gasteiger partial charge in [-0.1, -0.05) is 42.5 Å². The van der Waals surface area contributed by atoms with Crippen LogP contribution < -0.4 is 10.6 Å². The number of rotatable bonds is 6. The van der Waals surface area contributed by atoms with Crippen molar-refractivity contribution in [2.45, 2.75) is 25.0 Å². The largest absolute Gasteiger partial charge is 0.396 e. The van der Waals surface area contributed by atoms with Crippen molar-refractivity contribution in [1.29, 1.82) is 5.26 Å². The number of thiocarbonyl (C=S) groups is 1. The zero-order valence-electron chi connectivity index (χ0n) is 16.6. The number of aliphatic hydroxyl groups excluding tert-OH is 1. The van der Waals surface area contributed by atoms with Crippen molar-refractivity contribution < 1.29 is 14.6 Å². The molecule has 1 amide bonds. The summed E-state index contributed by atoms with van der Waals surface area (Å²) in [5.41, 5.74) is -0.133. The Morgan fingerprint density at radius 2 is 2.20 bits per heavy atom. The molecule has 3 atom stereocenters. The fourth-order valence-electron chi connectivity index (χ4n) is 3.33. The number of allylic oxidation sites excluding steroid dienone is 3. The second-order valence-corrected chi connectivity index (χ2v) is 7.78. The Morgan fingerprint density at radius 1 is 1.50 bits per heavy atom. The lowest BCUT2D eigenvalue weighted by molar-refractivity contribution is -0.0575. The molecular weight excluding hydrogens is 422 g/mol. The van der Waals surface area contributed by atoms with E-state index in [4.69, 9.17) is 33.8 Å². The Bertz CT molecular complexity index is 895. The van der Waals surface area contributed by atoms with Crippen molar-refractivity contribution >= 4 is 34.8 Å². The third-order valence-corrected chi connectivity index (χ3v) is 5.53. The molecule has 1 saturated heterocycles. The van der Waals surface area contributed by atoms with Gasteiger partial charge in [0, 0.05) is 29.2 Å². The van der Waals surface area contributed by atoms with Crippen molar-refractivity contribution in [2.24, 2.45) is 5.92 Å². The van der Waals surface area contributed by atoms with E-state index in [2.05, 4.69) is 17.2 Å². The number of hydrogen-bond acceptors (Lipinski definition) is 5. The van der Waals surface area contributed by atoms with Crippen LogP contribution in [0.15, 0.2) is 65.7 Å². The van der Waals surface area contributed by atoms with Crippen molar-refractivity contribution in [3.63, 3.8) is 0 Å². The van der Waals surface area contributed by atoms with E-state index in [0.29, 0.717) is 17.6 Å². The Hall–Kier alpha value is -2.50. The van der Waals surface area contributed by atoms with Crippen LogP contribution in [0.1, 0.15) is 23.7 Å². The molecule has 1 heterocycles. The Morgan fingerprint density at radius 3 is 2.83 bits per heavy atom. The molecule has 6 nitrogen and oxygen atoms in total. The van der Waals surface area contributed by atoms with E-state index < -0.39 is 5.54 Å². The number of nitrogens with one attached hydrogen (secondary N) is 2. The summed E-state index contributed by atoms with van der Waals surface area (Å²) in [7, 11) is 0. The van der Waals surface area contributed by atoms with Crippen LogP contribution in [0, 0.1) is 17.2 Å². The SMILES string of the molecule is C=C(C(Cl)=CC=CC#N)C1(NC(=S)NC(=O)c2ccccc2)COC(C)CC1CO. The fourth-order valence-corrected chi connectivity index (χ4v) is 3.84. The number of nitrogens with zero attached hydrogens (tertiary/aromatic N) is 1. The average Bonchev–Trinajstić information content (AvgIpc) is 2.75. The second kappa shape index (κ2) is 11.0. The molecule has 8 heteroatoms. The molecule has 1 aromatic carbocycles. The Balaban J connectivity index is 2.29. The lowest BCUT2D eigenvalue weighted by Crippen LogP contribution is -2.64. The maximum atomic E-state index is 12.5. The van der Waals surface area contributed by atoms with E-state index in [-0.39, 0.29) is 41.3 Å². The van der Waals surface area contributed by atoms with Crippen LogP contribution in [-0.4, -0.2) is 41.0 Å². The summed E-state index contributed by atoms with van der Waals surface area (Å²) in [6, 6.07) is 10.6. The smallest absolute Gasteiger partial charge is 0.257 e. The molecular formula is C22H24ClN3O3S. The van der Waals surface area contributed by atoms with Gasteiger partial charge in [0.05, 0.1) is 24.3 Å². The Labute approximate surface area is 186 Å². The number of carbonyl (C=O) groups is 1. The van der Waals surface area contributed by atoms with Gasteiger partial charge in [0.1, 0.15) is 0 Å². The molecule has 0 aliphatic carbocycles. The molecule has 0 saturated carbocycles. The summed E-state index contributed by atoms with van der Waals surface area (Å²) in [6.45, 7) is 6.00. The summed E-state index contributed by atoms with van der Waals surface area (Å²) in [4.78, 5) is 12.5. The summed E-state index contributed by atoms with van der Waals surface area (Å²) < 4.78 is 5.85. The number of amides is 1. The Kier molecular flexibility index (Phi) is 8.75. The van der Waals surface area contributed by atoms with E-state index >= 15 is 0 Å². The van der Waals surface area contributed by atoms with Crippen LogP contribution in [0.5, 0.6) is 0 Å². The first-order chi connectivity index (χ1) is 14.3. The van der Waals surface area contributed by atoms with Crippen LogP contribution in [0.2, 0.25) is 0 Å². The molecule has 1 aliphatic rings. The number of nitriles is 1. The maximum Gasteiger partial charge on any atom is 0.257 e. The number of benzene rings is 1. The third-order valence-electron chi connectivity index (χ3n) is 4.97. The zero-order valence-corrected chi connectivity index (χ0v) is 18.2. The molecule has 1 aromatic rings. The first kappa shape index (κ1) is 23.8. The highest BCUT2D eigenvalue weighted by Gasteiger charge is 2.47. The zero-order chi connectivity index (χ0) is 22.1. The van der Waals surface area contributed by atoms with Crippen LogP contribution >= 0.6 is 23.8 Å². The van der Waals surface area contributed by atoms with Gasteiger partial charge in [0.15, 0.2) is 5.11 Å². The minimum atomic E-state index is -1.03. The monoisotopic (exact) mass is 445 g/mol. The fraction of sp³-hybridized carbons (Fsp3) is 0.318. The van der Waals surface area contributed by atoms with E-state index in [1.165, 1.54) is 18.2 Å². The van der Waals surface area contributed by atoms with Crippen LogP contribution in [-0.2, 0) is 4.74 Å². The molecule has 2 rings (SSSR count). The van der Waals surface area contributed by atoms with Gasteiger partial charge in [-0.25, -0.2) is 0 Å². The van der Waals surface area contributed by atoms with Crippen molar-refractivity contribution in [3.05, 3.63) is 71.3 Å². The summed E-state index contributed by atoms with van der Waals surface area (Å²) in [5, 5.41) is 24.9. The van der Waals surface area contributed by atoms with Gasteiger partial charge < -0.3 is 15.2 Å². The highest BCUT2D eigenvalue weighted by Crippen LogP contribution is 2.38. The van der Waals surface area contributed by atoms with Gasteiger partial charge >= 0.3 is 0 Å². The first-order valence-corrected chi connectivity index (χ1v) is 10.2. The molecule has 3 unspecified atom stereocenters. The third kappa shape index (κ3) is 5.77. The van der Waals surface area contributed by atoms with E-state index in [9.17, 15) is 9.90 Å². The maximum absolute atomic E-state index is 12.5. The van der Waals surface area contributed by atoms with Gasteiger partial charge in [-0.05, 0) is 49.3 Å². The molecule has 1 fully saturated rings. The van der Waals surface area contributed by atoms with Crippen molar-refractivity contribution in [3.8, 4) is 6.07 Å². The molecule has 0 spiro atoms. The minimum absolute atomic E-state index is 0.0682. The quantitative estimate of drug-likeness (QED) is 0.353. The predicted octanol–water partition coefficient (Wildman–Crippen LogP) is 3.21. The van der Waals surface area contributed by atoms with Gasteiger partial charge in [-0.2, -0.15) is 5.26 Å². The first-order valence-electron chi connectivity index (χ1n) is 9.36. The molecule has 0 radical (unpaired) electrons. The molecule has 0 aromatic heterocycles. The lowest BCUT2D eigenvalue weighted by atomic mass is 9.74.